The van der Waals surface area contributed by atoms with Crippen molar-refractivity contribution in [1.82, 2.24) is 14.3 Å². The lowest BCUT2D eigenvalue weighted by atomic mass is 10.1. The lowest BCUT2D eigenvalue weighted by molar-refractivity contribution is 0.568. The Morgan fingerprint density at radius 3 is 2.15 bits per heavy atom. The van der Waals surface area contributed by atoms with Gasteiger partial charge in [0.1, 0.15) is 11.6 Å². The predicted molar refractivity (Wildman–Crippen MR) is 95.5 cm³/mol. The smallest absolute Gasteiger partial charge is 0.253 e. The highest BCUT2D eigenvalue weighted by atomic mass is 32.2. The summed E-state index contributed by atoms with van der Waals surface area (Å²) < 4.78 is 53.7. The van der Waals surface area contributed by atoms with E-state index in [-0.39, 0.29) is 29.4 Å². The van der Waals surface area contributed by atoms with E-state index in [0.29, 0.717) is 11.3 Å². The van der Waals surface area contributed by atoms with Gasteiger partial charge in [0.25, 0.3) is 5.56 Å². The molecule has 0 aliphatic heterocycles. The predicted octanol–water partition coefficient (Wildman–Crippen LogP) is 2.17. The number of halogens is 2. The molecule has 3 aromatic rings. The van der Waals surface area contributed by atoms with Crippen molar-refractivity contribution in [3.05, 3.63) is 82.9 Å². The van der Waals surface area contributed by atoms with Gasteiger partial charge < -0.3 is 0 Å². The average molecular weight is 391 g/mol. The van der Waals surface area contributed by atoms with E-state index in [1.54, 1.807) is 0 Å². The van der Waals surface area contributed by atoms with Crippen LogP contribution in [0.1, 0.15) is 0 Å². The second-order valence-electron chi connectivity index (χ2n) is 5.66. The Hall–Kier alpha value is -2.91. The topological polar surface area (TPSA) is 81.1 Å². The molecule has 3 rings (SSSR count). The summed E-state index contributed by atoms with van der Waals surface area (Å²) in [6.07, 6.45) is 1.30. The summed E-state index contributed by atoms with van der Waals surface area (Å²) >= 11 is 0. The van der Waals surface area contributed by atoms with Gasteiger partial charge in [0.15, 0.2) is 0 Å². The number of sulfonamides is 1. The third-order valence-electron chi connectivity index (χ3n) is 3.79. The van der Waals surface area contributed by atoms with Crippen molar-refractivity contribution in [3.63, 3.8) is 0 Å². The fourth-order valence-corrected chi connectivity index (χ4v) is 3.39. The van der Waals surface area contributed by atoms with E-state index in [9.17, 15) is 22.0 Å². The Labute approximate surface area is 154 Å². The summed E-state index contributed by atoms with van der Waals surface area (Å²) in [7, 11) is -3.80. The first-order chi connectivity index (χ1) is 12.8. The molecule has 1 heterocycles. The van der Waals surface area contributed by atoms with Crippen LogP contribution in [-0.4, -0.2) is 24.5 Å². The van der Waals surface area contributed by atoms with E-state index in [4.69, 9.17) is 0 Å². The Balaban J connectivity index is 1.67. The Kier molecular flexibility index (Phi) is 5.43. The third kappa shape index (κ3) is 4.63. The van der Waals surface area contributed by atoms with Crippen LogP contribution in [0.4, 0.5) is 8.78 Å². The van der Waals surface area contributed by atoms with Crippen LogP contribution in [-0.2, 0) is 16.6 Å². The zero-order valence-electron chi connectivity index (χ0n) is 14.0. The van der Waals surface area contributed by atoms with Crippen molar-refractivity contribution in [3.8, 4) is 11.3 Å². The molecule has 0 aliphatic carbocycles. The van der Waals surface area contributed by atoms with Gasteiger partial charge in [-0.05, 0) is 48.5 Å². The van der Waals surface area contributed by atoms with Crippen molar-refractivity contribution in [2.45, 2.75) is 11.4 Å². The van der Waals surface area contributed by atoms with E-state index in [1.807, 2.05) is 0 Å². The molecule has 1 aromatic heterocycles. The minimum Gasteiger partial charge on any atom is -0.298 e. The first-order valence-corrected chi connectivity index (χ1v) is 9.41. The molecule has 140 valence electrons. The molecule has 27 heavy (non-hydrogen) atoms. The van der Waals surface area contributed by atoms with E-state index in [2.05, 4.69) is 9.71 Å². The van der Waals surface area contributed by atoms with Crippen molar-refractivity contribution in [1.29, 1.82) is 0 Å². The van der Waals surface area contributed by atoms with Gasteiger partial charge in [0, 0.05) is 24.7 Å². The van der Waals surface area contributed by atoms with Crippen molar-refractivity contribution in [2.24, 2.45) is 0 Å². The van der Waals surface area contributed by atoms with Gasteiger partial charge in [-0.25, -0.2) is 26.9 Å². The molecular formula is C18H15F2N3O3S. The van der Waals surface area contributed by atoms with Crippen LogP contribution < -0.4 is 10.3 Å². The van der Waals surface area contributed by atoms with Crippen LogP contribution in [0, 0.1) is 11.6 Å². The van der Waals surface area contributed by atoms with E-state index >= 15 is 0 Å². The van der Waals surface area contributed by atoms with Gasteiger partial charge in [-0.2, -0.15) is 0 Å². The fraction of sp³-hybridized carbons (Fsp3) is 0.111. The Bertz CT molecular complexity index is 1100. The molecule has 2 aromatic carbocycles. The molecule has 0 amide bonds. The Morgan fingerprint density at radius 1 is 0.963 bits per heavy atom. The largest absolute Gasteiger partial charge is 0.298 e. The highest BCUT2D eigenvalue weighted by Gasteiger charge is 2.13. The number of hydrogen-bond acceptors (Lipinski definition) is 4. The molecule has 1 N–H and O–H groups in total. The van der Waals surface area contributed by atoms with Crippen molar-refractivity contribution in [2.75, 3.05) is 6.54 Å². The van der Waals surface area contributed by atoms with Crippen LogP contribution in [0.15, 0.2) is 70.6 Å². The second-order valence-corrected chi connectivity index (χ2v) is 7.43. The molecule has 0 fully saturated rings. The maximum absolute atomic E-state index is 13.0. The minimum atomic E-state index is -3.80. The minimum absolute atomic E-state index is 0.0445. The second kappa shape index (κ2) is 7.77. The average Bonchev–Trinajstić information content (AvgIpc) is 2.64. The number of rotatable bonds is 6. The van der Waals surface area contributed by atoms with E-state index < -0.39 is 15.8 Å². The van der Waals surface area contributed by atoms with Crippen LogP contribution in [0.5, 0.6) is 0 Å². The fourth-order valence-electron chi connectivity index (χ4n) is 2.37. The number of nitrogens with zero attached hydrogens (tertiary/aromatic N) is 2. The third-order valence-corrected chi connectivity index (χ3v) is 5.27. The maximum atomic E-state index is 13.0. The summed E-state index contributed by atoms with van der Waals surface area (Å²) in [5, 5.41) is 0. The molecule has 6 nitrogen and oxygen atoms in total. The quantitative estimate of drug-likeness (QED) is 0.698. The van der Waals surface area contributed by atoms with Gasteiger partial charge in [0.2, 0.25) is 10.0 Å². The number of aromatic nitrogens is 2. The summed E-state index contributed by atoms with van der Waals surface area (Å²) in [6, 6.07) is 11.3. The first-order valence-electron chi connectivity index (χ1n) is 7.93. The standard InChI is InChI=1S/C18H15F2N3O3S/c19-14-3-1-13(2-4-14)17-11-18(24)23(12-21-17)10-9-22-27(25,26)16-7-5-15(20)6-8-16/h1-8,11-12,22H,9-10H2. The number of nitrogens with one attached hydrogen (secondary N) is 1. The van der Waals surface area contributed by atoms with Crippen LogP contribution in [0.2, 0.25) is 0 Å². The number of benzene rings is 2. The lowest BCUT2D eigenvalue weighted by Crippen LogP contribution is -2.30. The normalized spacial score (nSPS) is 11.5. The van der Waals surface area contributed by atoms with E-state index in [0.717, 1.165) is 24.3 Å². The Morgan fingerprint density at radius 2 is 1.56 bits per heavy atom. The molecule has 0 bridgehead atoms. The monoisotopic (exact) mass is 391 g/mol. The van der Waals surface area contributed by atoms with Gasteiger partial charge in [-0.3, -0.25) is 9.36 Å². The molecule has 0 unspecified atom stereocenters. The van der Waals surface area contributed by atoms with Gasteiger partial charge in [-0.15, -0.1) is 0 Å². The lowest BCUT2D eigenvalue weighted by Gasteiger charge is -2.09. The summed E-state index contributed by atoms with van der Waals surface area (Å²) in [5.41, 5.74) is 0.617. The van der Waals surface area contributed by atoms with E-state index in [1.165, 1.54) is 41.2 Å². The molecule has 0 saturated carbocycles. The van der Waals surface area contributed by atoms with Crippen LogP contribution in [0.25, 0.3) is 11.3 Å². The SMILES string of the molecule is O=c1cc(-c2ccc(F)cc2)ncn1CCNS(=O)(=O)c1ccc(F)cc1. The summed E-state index contributed by atoms with van der Waals surface area (Å²) in [4.78, 5) is 16.2. The van der Waals surface area contributed by atoms with Gasteiger partial charge in [0.05, 0.1) is 16.9 Å². The van der Waals surface area contributed by atoms with Crippen LogP contribution >= 0.6 is 0 Å². The highest BCUT2D eigenvalue weighted by molar-refractivity contribution is 7.89. The molecule has 0 atom stereocenters. The molecule has 0 aliphatic rings. The molecule has 9 heteroatoms. The van der Waals surface area contributed by atoms with Gasteiger partial charge >= 0.3 is 0 Å². The zero-order valence-corrected chi connectivity index (χ0v) is 14.8. The zero-order chi connectivity index (χ0) is 19.4. The van der Waals surface area contributed by atoms with Gasteiger partial charge in [-0.1, -0.05) is 0 Å². The molecule has 0 saturated heterocycles. The highest BCUT2D eigenvalue weighted by Crippen LogP contribution is 2.15. The number of hydrogen-bond donors (Lipinski definition) is 1. The first kappa shape index (κ1) is 18.9. The molecular weight excluding hydrogens is 376 g/mol. The maximum Gasteiger partial charge on any atom is 0.253 e. The van der Waals surface area contributed by atoms with Crippen molar-refractivity contribution < 1.29 is 17.2 Å². The van der Waals surface area contributed by atoms with Crippen LogP contribution in [0.3, 0.4) is 0 Å². The summed E-state index contributed by atoms with van der Waals surface area (Å²) in [6.45, 7) is 0.0210. The van der Waals surface area contributed by atoms with Crippen molar-refractivity contribution >= 4 is 10.0 Å². The molecule has 0 spiro atoms. The summed E-state index contributed by atoms with van der Waals surface area (Å²) in [5.74, 6) is -0.923. The molecule has 0 radical (unpaired) electrons.